The summed E-state index contributed by atoms with van der Waals surface area (Å²) in [6.45, 7) is 1.71. The third-order valence-electron chi connectivity index (χ3n) is 3.62. The Balaban J connectivity index is 1.77. The van der Waals surface area contributed by atoms with Crippen molar-refractivity contribution in [2.24, 2.45) is 0 Å². The maximum atomic E-state index is 12.5. The van der Waals surface area contributed by atoms with Crippen LogP contribution in [0.1, 0.15) is 16.1 Å². The molecule has 0 atom stereocenters. The summed E-state index contributed by atoms with van der Waals surface area (Å²) in [7, 11) is -2.30. The van der Waals surface area contributed by atoms with Gasteiger partial charge in [-0.1, -0.05) is 11.2 Å². The number of methoxy groups -OCH3 is 1. The molecule has 1 aromatic heterocycles. The van der Waals surface area contributed by atoms with Gasteiger partial charge in [-0.05, 0) is 49.4 Å². The fourth-order valence-corrected chi connectivity index (χ4v) is 3.36. The largest absolute Gasteiger partial charge is 0.497 e. The second kappa shape index (κ2) is 7.50. The first-order valence-electron chi connectivity index (χ1n) is 7.89. The molecule has 1 heterocycles. The molecule has 0 aliphatic heterocycles. The first-order chi connectivity index (χ1) is 12.9. The number of rotatable bonds is 6. The molecule has 0 fully saturated rings. The van der Waals surface area contributed by atoms with Crippen molar-refractivity contribution in [3.63, 3.8) is 0 Å². The third-order valence-corrected chi connectivity index (χ3v) is 5.01. The monoisotopic (exact) mass is 387 g/mol. The number of ether oxygens (including phenoxy) is 1. The van der Waals surface area contributed by atoms with E-state index < -0.39 is 15.9 Å². The first kappa shape index (κ1) is 18.5. The van der Waals surface area contributed by atoms with Crippen molar-refractivity contribution in [1.29, 1.82) is 0 Å². The molecular weight excluding hydrogens is 370 g/mol. The number of carbonyl (C=O) groups is 1. The molecule has 2 N–H and O–H groups in total. The third kappa shape index (κ3) is 4.45. The molecule has 3 rings (SSSR count). The number of hydrogen-bond acceptors (Lipinski definition) is 6. The molecule has 1 amide bonds. The van der Waals surface area contributed by atoms with Gasteiger partial charge >= 0.3 is 0 Å². The zero-order valence-corrected chi connectivity index (χ0v) is 15.4. The van der Waals surface area contributed by atoms with Crippen LogP contribution >= 0.6 is 0 Å². The highest BCUT2D eigenvalue weighted by atomic mass is 32.2. The maximum absolute atomic E-state index is 12.5. The minimum atomic E-state index is -3.80. The lowest BCUT2D eigenvalue weighted by atomic mass is 10.2. The number of nitrogens with one attached hydrogen (secondary N) is 2. The number of sulfonamides is 1. The van der Waals surface area contributed by atoms with Crippen LogP contribution in [0.15, 0.2) is 64.0 Å². The van der Waals surface area contributed by atoms with E-state index in [4.69, 9.17) is 9.26 Å². The number of hydrogen-bond donors (Lipinski definition) is 2. The van der Waals surface area contributed by atoms with Gasteiger partial charge in [0.05, 0.1) is 12.0 Å². The SMILES string of the molecule is COc1ccc(S(=O)(=O)Nc2cccc(C(=O)Nc3cc(C)on3)c2)cc1. The minimum absolute atomic E-state index is 0.0798. The van der Waals surface area contributed by atoms with Crippen LogP contribution in [0.3, 0.4) is 0 Å². The van der Waals surface area contributed by atoms with Crippen molar-refractivity contribution in [2.75, 3.05) is 17.1 Å². The summed E-state index contributed by atoms with van der Waals surface area (Å²) in [6.07, 6.45) is 0. The Morgan fingerprint density at radius 1 is 1.11 bits per heavy atom. The molecule has 0 spiro atoms. The van der Waals surface area contributed by atoms with Crippen molar-refractivity contribution >= 4 is 27.4 Å². The summed E-state index contributed by atoms with van der Waals surface area (Å²) in [5.41, 5.74) is 0.528. The summed E-state index contributed by atoms with van der Waals surface area (Å²) in [5.74, 6) is 0.956. The average Bonchev–Trinajstić information content (AvgIpc) is 3.06. The Morgan fingerprint density at radius 2 is 1.85 bits per heavy atom. The molecule has 9 heteroatoms. The van der Waals surface area contributed by atoms with Crippen LogP contribution in [-0.4, -0.2) is 26.6 Å². The standard InChI is InChI=1S/C18H17N3O5S/c1-12-10-17(20-26-12)19-18(22)13-4-3-5-14(11-13)21-27(23,24)16-8-6-15(25-2)7-9-16/h3-11,21H,1-2H3,(H,19,20,22). The lowest BCUT2D eigenvalue weighted by Crippen LogP contribution is -2.15. The van der Waals surface area contributed by atoms with Crippen LogP contribution in [0.5, 0.6) is 5.75 Å². The van der Waals surface area contributed by atoms with E-state index in [1.807, 2.05) is 0 Å². The van der Waals surface area contributed by atoms with Crippen molar-refractivity contribution in [3.8, 4) is 5.75 Å². The van der Waals surface area contributed by atoms with Gasteiger partial charge < -0.3 is 14.6 Å². The van der Waals surface area contributed by atoms with E-state index in [2.05, 4.69) is 15.2 Å². The average molecular weight is 387 g/mol. The van der Waals surface area contributed by atoms with Gasteiger partial charge in [0.15, 0.2) is 5.82 Å². The topological polar surface area (TPSA) is 111 Å². The van der Waals surface area contributed by atoms with E-state index in [9.17, 15) is 13.2 Å². The van der Waals surface area contributed by atoms with Crippen LogP contribution in [0.2, 0.25) is 0 Å². The van der Waals surface area contributed by atoms with Crippen LogP contribution in [0.25, 0.3) is 0 Å². The highest BCUT2D eigenvalue weighted by Crippen LogP contribution is 2.20. The minimum Gasteiger partial charge on any atom is -0.497 e. The quantitative estimate of drug-likeness (QED) is 0.673. The predicted octanol–water partition coefficient (Wildman–Crippen LogP) is 3.04. The Morgan fingerprint density at radius 3 is 2.48 bits per heavy atom. The van der Waals surface area contributed by atoms with E-state index >= 15 is 0 Å². The fourth-order valence-electron chi connectivity index (χ4n) is 2.31. The molecular formula is C18H17N3O5S. The van der Waals surface area contributed by atoms with E-state index in [0.29, 0.717) is 11.5 Å². The number of amides is 1. The summed E-state index contributed by atoms with van der Waals surface area (Å²) in [4.78, 5) is 12.4. The molecule has 2 aromatic carbocycles. The van der Waals surface area contributed by atoms with Gasteiger partial charge in [-0.15, -0.1) is 0 Å². The molecule has 3 aromatic rings. The van der Waals surface area contributed by atoms with Gasteiger partial charge in [0, 0.05) is 17.3 Å². The number of carbonyl (C=O) groups excluding carboxylic acids is 1. The molecule has 0 unspecified atom stereocenters. The van der Waals surface area contributed by atoms with Crippen LogP contribution in [0.4, 0.5) is 11.5 Å². The number of aryl methyl sites for hydroxylation is 1. The number of nitrogens with zero attached hydrogens (tertiary/aromatic N) is 1. The van der Waals surface area contributed by atoms with Gasteiger partial charge in [-0.25, -0.2) is 8.42 Å². The van der Waals surface area contributed by atoms with E-state index in [1.165, 1.54) is 25.3 Å². The summed E-state index contributed by atoms with van der Waals surface area (Å²) in [6, 6.07) is 13.7. The summed E-state index contributed by atoms with van der Waals surface area (Å²) >= 11 is 0. The normalized spacial score (nSPS) is 11.0. The Kier molecular flexibility index (Phi) is 5.13. The van der Waals surface area contributed by atoms with Gasteiger partial charge in [-0.2, -0.15) is 0 Å². The zero-order chi connectivity index (χ0) is 19.4. The Hall–Kier alpha value is -3.33. The number of anilines is 2. The lowest BCUT2D eigenvalue weighted by molar-refractivity contribution is 0.102. The second-order valence-corrected chi connectivity index (χ2v) is 7.32. The van der Waals surface area contributed by atoms with Gasteiger partial charge in [0.2, 0.25) is 0 Å². The molecule has 0 radical (unpaired) electrons. The highest BCUT2D eigenvalue weighted by Gasteiger charge is 2.16. The molecule has 0 aliphatic rings. The van der Waals surface area contributed by atoms with Gasteiger partial charge in [0.1, 0.15) is 11.5 Å². The molecule has 140 valence electrons. The van der Waals surface area contributed by atoms with Crippen LogP contribution in [-0.2, 0) is 10.0 Å². The maximum Gasteiger partial charge on any atom is 0.261 e. The van der Waals surface area contributed by atoms with Crippen molar-refractivity contribution in [1.82, 2.24) is 5.16 Å². The molecule has 8 nitrogen and oxygen atoms in total. The second-order valence-electron chi connectivity index (χ2n) is 5.64. The van der Waals surface area contributed by atoms with Gasteiger partial charge in [0.25, 0.3) is 15.9 Å². The molecule has 0 saturated heterocycles. The fraction of sp³-hybridized carbons (Fsp3) is 0.111. The molecule has 0 bridgehead atoms. The van der Waals surface area contributed by atoms with E-state index in [-0.39, 0.29) is 22.0 Å². The molecule has 0 saturated carbocycles. The zero-order valence-electron chi connectivity index (χ0n) is 14.6. The van der Waals surface area contributed by atoms with Crippen molar-refractivity contribution < 1.29 is 22.5 Å². The highest BCUT2D eigenvalue weighted by molar-refractivity contribution is 7.92. The van der Waals surface area contributed by atoms with Crippen LogP contribution in [0, 0.1) is 6.92 Å². The van der Waals surface area contributed by atoms with Crippen molar-refractivity contribution in [3.05, 3.63) is 65.9 Å². The van der Waals surface area contributed by atoms with E-state index in [1.54, 1.807) is 43.3 Å². The lowest BCUT2D eigenvalue weighted by Gasteiger charge is -2.10. The summed E-state index contributed by atoms with van der Waals surface area (Å²) < 4.78 is 37.4. The predicted molar refractivity (Wildman–Crippen MR) is 99.4 cm³/mol. The Bertz CT molecular complexity index is 1060. The number of aromatic nitrogens is 1. The van der Waals surface area contributed by atoms with Gasteiger partial charge in [-0.3, -0.25) is 9.52 Å². The van der Waals surface area contributed by atoms with Crippen LogP contribution < -0.4 is 14.8 Å². The van der Waals surface area contributed by atoms with Crippen molar-refractivity contribution in [2.45, 2.75) is 11.8 Å². The number of benzene rings is 2. The van der Waals surface area contributed by atoms with E-state index in [0.717, 1.165) is 0 Å². The molecule has 27 heavy (non-hydrogen) atoms. The smallest absolute Gasteiger partial charge is 0.261 e. The molecule has 0 aliphatic carbocycles. The first-order valence-corrected chi connectivity index (χ1v) is 9.37. The Labute approximate surface area is 156 Å². The summed E-state index contributed by atoms with van der Waals surface area (Å²) in [5, 5.41) is 6.27.